The van der Waals surface area contributed by atoms with E-state index in [9.17, 15) is 24.6 Å². The van der Waals surface area contributed by atoms with Gasteiger partial charge in [-0.15, -0.1) is 0 Å². The predicted octanol–water partition coefficient (Wildman–Crippen LogP) is 5.24. The Morgan fingerprint density at radius 3 is 2.42 bits per heavy atom. The number of carboxylic acid groups (broad SMARTS) is 1. The minimum Gasteiger partial charge on any atom is -0.505 e. The molecule has 0 aromatic rings. The molecule has 0 aromatic carbocycles. The molecule has 3 aliphatic carbocycles. The van der Waals surface area contributed by atoms with Gasteiger partial charge in [0, 0.05) is 30.9 Å². The fourth-order valence-electron chi connectivity index (χ4n) is 8.00. The van der Waals surface area contributed by atoms with Gasteiger partial charge in [0.2, 0.25) is 0 Å². The third-order valence-electron chi connectivity index (χ3n) is 10.2. The Balaban J connectivity index is 1.56. The molecule has 8 nitrogen and oxygen atoms in total. The number of aliphatic hydroxyl groups excluding tert-OH is 1. The number of hydrogen-bond acceptors (Lipinski definition) is 7. The molecule has 0 amide bonds. The summed E-state index contributed by atoms with van der Waals surface area (Å²) in [6, 6.07) is 0. The smallest absolute Gasteiger partial charge is 0.379 e. The van der Waals surface area contributed by atoms with Crippen LogP contribution in [-0.4, -0.2) is 46.9 Å². The normalized spacial score (nSPS) is 41.6. The van der Waals surface area contributed by atoms with Crippen LogP contribution in [0.4, 0.5) is 0 Å². The van der Waals surface area contributed by atoms with Crippen molar-refractivity contribution in [3.8, 4) is 0 Å². The van der Waals surface area contributed by atoms with Gasteiger partial charge < -0.3 is 24.4 Å². The van der Waals surface area contributed by atoms with Crippen LogP contribution < -0.4 is 0 Å². The lowest BCUT2D eigenvalue weighted by atomic mass is 9.55. The quantitative estimate of drug-likeness (QED) is 0.369. The molecule has 8 heteroatoms. The Morgan fingerprint density at radius 2 is 1.74 bits per heavy atom. The number of ether oxygens (including phenoxy) is 3. The summed E-state index contributed by atoms with van der Waals surface area (Å²) in [5.74, 6) is -4.16. The molecule has 1 fully saturated rings. The molecule has 0 unspecified atom stereocenters. The summed E-state index contributed by atoms with van der Waals surface area (Å²) < 4.78 is 17.5. The fraction of sp³-hybridized carbons (Fsp3) is 0.700. The zero-order valence-electron chi connectivity index (χ0n) is 22.6. The summed E-state index contributed by atoms with van der Waals surface area (Å²) in [6.07, 6.45) is 13.9. The first kappa shape index (κ1) is 27.0. The van der Waals surface area contributed by atoms with Crippen LogP contribution in [0.25, 0.3) is 0 Å². The monoisotopic (exact) mass is 528 g/mol. The van der Waals surface area contributed by atoms with Gasteiger partial charge in [-0.3, -0.25) is 4.79 Å². The minimum absolute atomic E-state index is 0.00533. The van der Waals surface area contributed by atoms with E-state index >= 15 is 0 Å². The lowest BCUT2D eigenvalue weighted by Crippen LogP contribution is -2.52. The van der Waals surface area contributed by atoms with E-state index in [1.165, 1.54) is 0 Å². The van der Waals surface area contributed by atoms with Crippen LogP contribution in [0.5, 0.6) is 0 Å². The Labute approximate surface area is 224 Å². The number of aliphatic hydroxyl groups is 1. The molecular formula is C30H40O8. The predicted molar refractivity (Wildman–Crippen MR) is 138 cm³/mol. The number of carboxylic acids is 1. The van der Waals surface area contributed by atoms with Crippen molar-refractivity contribution in [3.05, 3.63) is 35.3 Å². The van der Waals surface area contributed by atoms with Gasteiger partial charge in [-0.05, 0) is 50.4 Å². The van der Waals surface area contributed by atoms with Gasteiger partial charge in [0.25, 0.3) is 5.76 Å². The molecule has 0 radical (unpaired) electrons. The van der Waals surface area contributed by atoms with Crippen LogP contribution in [-0.2, 0) is 28.6 Å². The number of carbonyl (C=O) groups is 3. The first-order valence-electron chi connectivity index (χ1n) is 14.2. The van der Waals surface area contributed by atoms with E-state index in [4.69, 9.17) is 14.2 Å². The molecule has 2 N–H and O–H groups in total. The van der Waals surface area contributed by atoms with Crippen LogP contribution in [0.3, 0.4) is 0 Å². The van der Waals surface area contributed by atoms with Crippen LogP contribution in [0.2, 0.25) is 0 Å². The zero-order chi connectivity index (χ0) is 27.2. The number of rotatable bonds is 2. The number of esters is 2. The maximum atomic E-state index is 14.1. The molecule has 0 saturated heterocycles. The number of allylic oxidation sites excluding steroid dienone is 1. The molecule has 1 saturated carbocycles. The average molecular weight is 529 g/mol. The standard InChI is InChI=1S/C30H40O8/c1-17-16-30-19(15-21(17)26(32)33)10-7-5-4-6-9-18-13-14-20-22(11-8-12-23(20)36-3)29(18,2)28(35)37-24(25(30)31)27(34)38-30/h13-15,17-20,22-23,31H,4-12,16H2,1-3H3,(H,32,33)/t17-,18-,19-,20+,22-,23+,29-,30+/m1/s1. The molecule has 8 atom stereocenters. The Kier molecular flexibility index (Phi) is 7.22. The van der Waals surface area contributed by atoms with Gasteiger partial charge in [0.1, 0.15) is 0 Å². The van der Waals surface area contributed by atoms with Crippen molar-refractivity contribution < 1.29 is 38.8 Å². The summed E-state index contributed by atoms with van der Waals surface area (Å²) in [4.78, 5) is 39.2. The van der Waals surface area contributed by atoms with Crippen LogP contribution in [0, 0.1) is 35.0 Å². The minimum atomic E-state index is -1.42. The molecule has 1 spiro atoms. The van der Waals surface area contributed by atoms with Gasteiger partial charge in [-0.25, -0.2) is 9.59 Å². The molecular weight excluding hydrogens is 488 g/mol. The highest BCUT2D eigenvalue weighted by atomic mass is 16.6. The molecule has 38 heavy (non-hydrogen) atoms. The van der Waals surface area contributed by atoms with Crippen LogP contribution in [0.1, 0.15) is 78.1 Å². The first-order chi connectivity index (χ1) is 18.1. The van der Waals surface area contributed by atoms with Crippen molar-refractivity contribution in [1.29, 1.82) is 0 Å². The summed E-state index contributed by atoms with van der Waals surface area (Å²) in [6.45, 7) is 3.70. The van der Waals surface area contributed by atoms with Crippen molar-refractivity contribution in [3.63, 3.8) is 0 Å². The largest absolute Gasteiger partial charge is 0.505 e. The number of methoxy groups -OCH3 is 1. The Bertz CT molecular complexity index is 1090. The summed E-state index contributed by atoms with van der Waals surface area (Å²) in [7, 11) is 1.71. The van der Waals surface area contributed by atoms with Gasteiger partial charge in [-0.2, -0.15) is 0 Å². The van der Waals surface area contributed by atoms with E-state index in [0.717, 1.165) is 51.4 Å². The number of aliphatic carboxylic acids is 1. The van der Waals surface area contributed by atoms with Crippen LogP contribution >= 0.6 is 0 Å². The van der Waals surface area contributed by atoms with Gasteiger partial charge in [0.05, 0.1) is 11.5 Å². The fourth-order valence-corrected chi connectivity index (χ4v) is 8.00. The van der Waals surface area contributed by atoms with Crippen molar-refractivity contribution >= 4 is 17.9 Å². The van der Waals surface area contributed by atoms with Crippen molar-refractivity contribution in [2.75, 3.05) is 7.11 Å². The molecule has 2 aliphatic heterocycles. The summed E-state index contributed by atoms with van der Waals surface area (Å²) in [5, 5.41) is 21.2. The second-order valence-electron chi connectivity index (χ2n) is 12.1. The second kappa shape index (κ2) is 10.2. The highest BCUT2D eigenvalue weighted by Crippen LogP contribution is 2.55. The molecule has 5 aliphatic rings. The lowest BCUT2D eigenvalue weighted by molar-refractivity contribution is -0.169. The van der Waals surface area contributed by atoms with Crippen LogP contribution in [0.15, 0.2) is 35.3 Å². The second-order valence-corrected chi connectivity index (χ2v) is 12.1. The first-order valence-corrected chi connectivity index (χ1v) is 14.2. The molecule has 2 bridgehead atoms. The van der Waals surface area contributed by atoms with Crippen molar-refractivity contribution in [2.24, 2.45) is 35.0 Å². The summed E-state index contributed by atoms with van der Waals surface area (Å²) in [5.41, 5.74) is -2.05. The number of fused-ring (bicyclic) bond motifs is 3. The van der Waals surface area contributed by atoms with E-state index in [2.05, 4.69) is 12.2 Å². The maximum Gasteiger partial charge on any atom is 0.379 e. The topological polar surface area (TPSA) is 119 Å². The molecule has 2 heterocycles. The summed E-state index contributed by atoms with van der Waals surface area (Å²) >= 11 is 0. The SMILES string of the molecule is CO[C@H]1CCC[C@@H]2[C@@H]1C=C[C@H]1CCCCCC[C@@H]3C=C(C(=O)O)[C@H](C)C[C@]34OC(=O)C(=C4O)OC(=O)[C@@]21C. The zero-order valence-corrected chi connectivity index (χ0v) is 22.6. The molecule has 0 aromatic heterocycles. The highest BCUT2D eigenvalue weighted by Gasteiger charge is 2.59. The third-order valence-corrected chi connectivity index (χ3v) is 10.2. The number of carbonyl (C=O) groups excluding carboxylic acids is 2. The van der Waals surface area contributed by atoms with E-state index in [0.29, 0.717) is 6.42 Å². The molecule has 5 rings (SSSR count). The third kappa shape index (κ3) is 4.19. The van der Waals surface area contributed by atoms with Crippen molar-refractivity contribution in [1.82, 2.24) is 0 Å². The highest BCUT2D eigenvalue weighted by molar-refractivity contribution is 5.95. The van der Waals surface area contributed by atoms with E-state index in [1.54, 1.807) is 20.1 Å². The Hall–Kier alpha value is -2.61. The molecule has 208 valence electrons. The van der Waals surface area contributed by atoms with E-state index in [1.807, 2.05) is 6.92 Å². The number of hydrogen-bond donors (Lipinski definition) is 2. The van der Waals surface area contributed by atoms with Gasteiger partial charge >= 0.3 is 17.9 Å². The van der Waals surface area contributed by atoms with Gasteiger partial charge in [-0.1, -0.05) is 57.3 Å². The van der Waals surface area contributed by atoms with E-state index in [-0.39, 0.29) is 41.6 Å². The lowest BCUT2D eigenvalue weighted by Gasteiger charge is -2.50. The Morgan fingerprint density at radius 1 is 1.03 bits per heavy atom. The van der Waals surface area contributed by atoms with Crippen molar-refractivity contribution in [2.45, 2.75) is 89.8 Å². The van der Waals surface area contributed by atoms with E-state index < -0.39 is 46.5 Å². The average Bonchev–Trinajstić information content (AvgIpc) is 3.11. The maximum absolute atomic E-state index is 14.1. The van der Waals surface area contributed by atoms with Gasteiger partial charge in [0.15, 0.2) is 11.4 Å².